The highest BCUT2D eigenvalue weighted by Crippen LogP contribution is 2.38. The van der Waals surface area contributed by atoms with E-state index in [1.165, 1.54) is 11.1 Å². The molecule has 1 saturated carbocycles. The summed E-state index contributed by atoms with van der Waals surface area (Å²) in [5.41, 5.74) is 2.79. The number of aliphatic hydroxyl groups excluding tert-OH is 1. The number of halogens is 1. The average molecular weight is 359 g/mol. The summed E-state index contributed by atoms with van der Waals surface area (Å²) in [7, 11) is 0. The summed E-state index contributed by atoms with van der Waals surface area (Å²) in [6.07, 6.45) is 2.86. The van der Waals surface area contributed by atoms with Gasteiger partial charge in [0.1, 0.15) is 16.8 Å². The Kier molecular flexibility index (Phi) is 4.88. The van der Waals surface area contributed by atoms with Gasteiger partial charge in [-0.15, -0.1) is 0 Å². The van der Waals surface area contributed by atoms with Gasteiger partial charge in [0, 0.05) is 38.2 Å². The molecular formula is C19H23ClN4O. The smallest absolute Gasteiger partial charge is 0.135 e. The molecule has 2 aromatic rings. The van der Waals surface area contributed by atoms with Crippen molar-refractivity contribution in [2.75, 3.05) is 25.0 Å². The summed E-state index contributed by atoms with van der Waals surface area (Å²) >= 11 is 6.08. The van der Waals surface area contributed by atoms with Crippen LogP contribution >= 0.6 is 11.6 Å². The minimum absolute atomic E-state index is 0.454. The molecular weight excluding hydrogens is 336 g/mol. The molecule has 0 radical (unpaired) electrons. The molecule has 132 valence electrons. The molecule has 0 amide bonds. The Hall–Kier alpha value is -1.69. The summed E-state index contributed by atoms with van der Waals surface area (Å²) in [6.45, 7) is 2.99. The number of benzene rings is 1. The first kappa shape index (κ1) is 16.8. The first-order valence-corrected chi connectivity index (χ1v) is 9.31. The number of β-amino-alcohol motifs (C(OH)–C–C–N with tert-alkyl or cyclic N) is 1. The number of nitrogens with zero attached hydrogens (tertiary/aromatic N) is 3. The van der Waals surface area contributed by atoms with Crippen molar-refractivity contribution in [1.29, 1.82) is 0 Å². The molecule has 1 fully saturated rings. The lowest BCUT2D eigenvalue weighted by Crippen LogP contribution is -2.39. The third kappa shape index (κ3) is 4.29. The monoisotopic (exact) mass is 358 g/mol. The van der Waals surface area contributed by atoms with Gasteiger partial charge in [-0.25, -0.2) is 9.97 Å². The van der Waals surface area contributed by atoms with Gasteiger partial charge < -0.3 is 10.4 Å². The van der Waals surface area contributed by atoms with Crippen molar-refractivity contribution < 1.29 is 5.11 Å². The van der Waals surface area contributed by atoms with Crippen LogP contribution in [0.15, 0.2) is 30.3 Å². The van der Waals surface area contributed by atoms with Crippen LogP contribution in [0.1, 0.15) is 35.7 Å². The van der Waals surface area contributed by atoms with Gasteiger partial charge in [0.05, 0.1) is 6.10 Å². The SMILES string of the molecule is OC(CNc1cc(Cl)nc(C2CC2)n1)CN1CCc2ccccc2C1. The minimum atomic E-state index is -0.455. The molecule has 1 aliphatic carbocycles. The van der Waals surface area contributed by atoms with Crippen LogP contribution in [0.3, 0.4) is 0 Å². The van der Waals surface area contributed by atoms with Crippen LogP contribution in [0.25, 0.3) is 0 Å². The van der Waals surface area contributed by atoms with Crippen molar-refractivity contribution in [3.05, 3.63) is 52.4 Å². The molecule has 1 aromatic carbocycles. The van der Waals surface area contributed by atoms with Crippen molar-refractivity contribution >= 4 is 17.4 Å². The number of aromatic nitrogens is 2. The molecule has 5 nitrogen and oxygen atoms in total. The van der Waals surface area contributed by atoms with Crippen molar-refractivity contribution in [2.24, 2.45) is 0 Å². The van der Waals surface area contributed by atoms with E-state index < -0.39 is 6.10 Å². The van der Waals surface area contributed by atoms with Gasteiger partial charge in [-0.05, 0) is 30.4 Å². The Morgan fingerprint density at radius 3 is 2.84 bits per heavy atom. The van der Waals surface area contributed by atoms with E-state index in [1.54, 1.807) is 6.07 Å². The van der Waals surface area contributed by atoms with Gasteiger partial charge in [0.25, 0.3) is 0 Å². The van der Waals surface area contributed by atoms with E-state index in [-0.39, 0.29) is 0 Å². The van der Waals surface area contributed by atoms with E-state index >= 15 is 0 Å². The van der Waals surface area contributed by atoms with Gasteiger partial charge in [0.15, 0.2) is 0 Å². The zero-order valence-electron chi connectivity index (χ0n) is 14.2. The first-order valence-electron chi connectivity index (χ1n) is 8.93. The maximum atomic E-state index is 10.4. The summed E-state index contributed by atoms with van der Waals surface area (Å²) < 4.78 is 0. The van der Waals surface area contributed by atoms with Crippen LogP contribution in [0.2, 0.25) is 5.15 Å². The normalized spacial score (nSPS) is 18.6. The van der Waals surface area contributed by atoms with Crippen molar-refractivity contribution in [3.8, 4) is 0 Å². The lowest BCUT2D eigenvalue weighted by molar-refractivity contribution is 0.114. The predicted octanol–water partition coefficient (Wildman–Crippen LogP) is 2.84. The molecule has 0 spiro atoms. The molecule has 25 heavy (non-hydrogen) atoms. The van der Waals surface area contributed by atoms with Crippen LogP contribution in [0.4, 0.5) is 5.82 Å². The Bertz CT molecular complexity index is 750. The Morgan fingerprint density at radius 1 is 1.24 bits per heavy atom. The third-order valence-corrected chi connectivity index (χ3v) is 5.05. The molecule has 1 aromatic heterocycles. The van der Waals surface area contributed by atoms with E-state index in [0.717, 1.165) is 38.2 Å². The first-order chi connectivity index (χ1) is 12.2. The van der Waals surface area contributed by atoms with Crippen molar-refractivity contribution in [1.82, 2.24) is 14.9 Å². The number of nitrogens with one attached hydrogen (secondary N) is 1. The second-order valence-corrected chi connectivity index (χ2v) is 7.38. The predicted molar refractivity (Wildman–Crippen MR) is 98.9 cm³/mol. The number of aliphatic hydroxyl groups is 1. The summed E-state index contributed by atoms with van der Waals surface area (Å²) in [4.78, 5) is 11.1. The van der Waals surface area contributed by atoms with Gasteiger partial charge in [-0.1, -0.05) is 35.9 Å². The fraction of sp³-hybridized carbons (Fsp3) is 0.474. The van der Waals surface area contributed by atoms with Gasteiger partial charge in [0.2, 0.25) is 0 Å². The molecule has 2 heterocycles. The number of hydrogen-bond acceptors (Lipinski definition) is 5. The van der Waals surface area contributed by atoms with Crippen molar-refractivity contribution in [2.45, 2.75) is 37.8 Å². The lowest BCUT2D eigenvalue weighted by Gasteiger charge is -2.30. The van der Waals surface area contributed by atoms with Crippen LogP contribution in [0.5, 0.6) is 0 Å². The van der Waals surface area contributed by atoms with Crippen LogP contribution in [-0.4, -0.2) is 45.7 Å². The summed E-state index contributed by atoms with van der Waals surface area (Å²) in [5, 5.41) is 14.1. The van der Waals surface area contributed by atoms with Crippen LogP contribution in [-0.2, 0) is 13.0 Å². The van der Waals surface area contributed by atoms with E-state index in [9.17, 15) is 5.11 Å². The maximum absolute atomic E-state index is 10.4. The third-order valence-electron chi connectivity index (χ3n) is 4.85. The Balaban J connectivity index is 1.30. The maximum Gasteiger partial charge on any atom is 0.135 e. The molecule has 4 rings (SSSR count). The number of anilines is 1. The molecule has 1 aliphatic heterocycles. The zero-order chi connectivity index (χ0) is 17.2. The molecule has 6 heteroatoms. The summed E-state index contributed by atoms with van der Waals surface area (Å²) in [5.74, 6) is 1.97. The topological polar surface area (TPSA) is 61.3 Å². The standard InChI is InChI=1S/C19H23ClN4O/c20-17-9-18(23-19(22-17)14-5-6-14)21-10-16(25)12-24-8-7-13-3-1-2-4-15(13)11-24/h1-4,9,14,16,25H,5-8,10-12H2,(H,21,22,23). The van der Waals surface area contributed by atoms with Gasteiger partial charge >= 0.3 is 0 Å². The van der Waals surface area contributed by atoms with E-state index in [4.69, 9.17) is 11.6 Å². The van der Waals surface area contributed by atoms with E-state index in [0.29, 0.717) is 30.0 Å². The number of hydrogen-bond donors (Lipinski definition) is 2. The van der Waals surface area contributed by atoms with Gasteiger partial charge in [-0.3, -0.25) is 4.90 Å². The highest BCUT2D eigenvalue weighted by atomic mass is 35.5. The van der Waals surface area contributed by atoms with E-state index in [2.05, 4.69) is 44.5 Å². The Labute approximate surface area is 153 Å². The second-order valence-electron chi connectivity index (χ2n) is 7.00. The van der Waals surface area contributed by atoms with Crippen molar-refractivity contribution in [3.63, 3.8) is 0 Å². The molecule has 2 N–H and O–H groups in total. The largest absolute Gasteiger partial charge is 0.390 e. The van der Waals surface area contributed by atoms with Crippen LogP contribution in [0, 0.1) is 0 Å². The Morgan fingerprint density at radius 2 is 2.04 bits per heavy atom. The molecule has 1 atom stereocenters. The average Bonchev–Trinajstić information content (AvgIpc) is 3.45. The second kappa shape index (κ2) is 7.28. The summed E-state index contributed by atoms with van der Waals surface area (Å²) in [6, 6.07) is 10.3. The fourth-order valence-corrected chi connectivity index (χ4v) is 3.53. The number of fused-ring (bicyclic) bond motifs is 1. The van der Waals surface area contributed by atoms with E-state index in [1.807, 2.05) is 0 Å². The quantitative estimate of drug-likeness (QED) is 0.777. The highest BCUT2D eigenvalue weighted by molar-refractivity contribution is 6.29. The molecule has 0 saturated heterocycles. The number of rotatable bonds is 6. The molecule has 0 bridgehead atoms. The molecule has 2 aliphatic rings. The lowest BCUT2D eigenvalue weighted by atomic mass is 10.00. The fourth-order valence-electron chi connectivity index (χ4n) is 3.34. The highest BCUT2D eigenvalue weighted by Gasteiger charge is 2.27. The van der Waals surface area contributed by atoms with Gasteiger partial charge in [-0.2, -0.15) is 0 Å². The minimum Gasteiger partial charge on any atom is -0.390 e. The molecule has 1 unspecified atom stereocenters. The van der Waals surface area contributed by atoms with Crippen LogP contribution < -0.4 is 5.32 Å². The zero-order valence-corrected chi connectivity index (χ0v) is 14.9.